The number of likely N-dealkylation sites (N-methyl/N-ethyl adjacent to an activating group) is 1. The molecule has 8 rings (SSSR count). The number of imide groups is 1. The van der Waals surface area contributed by atoms with Gasteiger partial charge in [-0.25, -0.2) is 14.0 Å². The molecular formula is C41H53F2N12O4+. The van der Waals surface area contributed by atoms with E-state index >= 15 is 8.87 Å². The van der Waals surface area contributed by atoms with Gasteiger partial charge in [-0.05, 0) is 121 Å². The van der Waals surface area contributed by atoms with Crippen LogP contribution >= 0.6 is 0 Å². The summed E-state index contributed by atoms with van der Waals surface area (Å²) in [4.78, 5) is 65.1. The number of aryl methyl sites for hydroxylation is 1. The van der Waals surface area contributed by atoms with E-state index in [2.05, 4.69) is 42.6 Å². The molecule has 314 valence electrons. The summed E-state index contributed by atoms with van der Waals surface area (Å²) < 4.78 is 31.1. The number of urea groups is 2. The van der Waals surface area contributed by atoms with E-state index in [1.807, 2.05) is 13.0 Å². The lowest BCUT2D eigenvalue weighted by Crippen LogP contribution is -2.52. The Morgan fingerprint density at radius 2 is 1.73 bits per heavy atom. The second-order valence-corrected chi connectivity index (χ2v) is 16.6. The lowest BCUT2D eigenvalue weighted by Gasteiger charge is -2.38. The number of piperidine rings is 3. The van der Waals surface area contributed by atoms with Crippen LogP contribution < -0.4 is 36.0 Å². The maximum absolute atomic E-state index is 15.8. The number of likely N-dealkylation sites (tertiary alicyclic amines) is 1. The first kappa shape index (κ1) is 40.1. The van der Waals surface area contributed by atoms with Gasteiger partial charge in [0.05, 0.1) is 24.0 Å². The van der Waals surface area contributed by atoms with Crippen LogP contribution in [0.15, 0.2) is 36.4 Å². The van der Waals surface area contributed by atoms with Crippen molar-refractivity contribution in [3.05, 3.63) is 59.0 Å². The van der Waals surface area contributed by atoms with Crippen LogP contribution in [0.2, 0.25) is 0 Å². The number of rotatable bonds is 10. The minimum absolute atomic E-state index is 0.0394. The summed E-state index contributed by atoms with van der Waals surface area (Å²) >= 11 is 0. The average Bonchev–Trinajstić information content (AvgIpc) is 3.56. The SMILES string of the molecule is Cc1cc(N2CCC(CN3CCC(c4ccc(Nc5nc(N6CCC[C@@H](N7CCN(C)C7=O)C6)[n+](F)nc5C(N)=O)cc4F)CC3)CC2)ccc1N1CCC(=O)NC1=O. The normalized spacial score (nSPS) is 21.4. The summed E-state index contributed by atoms with van der Waals surface area (Å²) in [5, 5.41) is 9.16. The Bertz CT molecular complexity index is 2110. The van der Waals surface area contributed by atoms with Gasteiger partial charge in [0.15, 0.2) is 0 Å². The van der Waals surface area contributed by atoms with E-state index in [0.29, 0.717) is 62.7 Å². The molecule has 1 aromatic heterocycles. The minimum Gasteiger partial charge on any atom is -0.372 e. The highest BCUT2D eigenvalue weighted by Crippen LogP contribution is 2.34. The summed E-state index contributed by atoms with van der Waals surface area (Å²) in [6, 6.07) is 10.5. The molecule has 3 aromatic rings. The van der Waals surface area contributed by atoms with Crippen LogP contribution in [0.4, 0.5) is 47.3 Å². The van der Waals surface area contributed by atoms with Gasteiger partial charge >= 0.3 is 18.0 Å². The molecule has 1 atom stereocenters. The fourth-order valence-electron chi connectivity index (χ4n) is 9.38. The maximum atomic E-state index is 15.8. The van der Waals surface area contributed by atoms with Gasteiger partial charge in [-0.15, -0.1) is 0 Å². The van der Waals surface area contributed by atoms with Crippen LogP contribution in [0, 0.1) is 18.7 Å². The molecule has 5 saturated heterocycles. The van der Waals surface area contributed by atoms with Crippen molar-refractivity contribution in [2.24, 2.45) is 11.7 Å². The van der Waals surface area contributed by atoms with Crippen molar-refractivity contribution in [1.82, 2.24) is 30.1 Å². The molecule has 0 spiro atoms. The summed E-state index contributed by atoms with van der Waals surface area (Å²) in [5.74, 6) is -1.18. The third-order valence-corrected chi connectivity index (χ3v) is 12.7. The van der Waals surface area contributed by atoms with Crippen molar-refractivity contribution in [3.63, 3.8) is 0 Å². The third kappa shape index (κ3) is 8.58. The van der Waals surface area contributed by atoms with Gasteiger partial charge in [-0.3, -0.25) is 24.7 Å². The van der Waals surface area contributed by atoms with Gasteiger partial charge in [0.1, 0.15) is 5.82 Å². The fourth-order valence-corrected chi connectivity index (χ4v) is 9.38. The second-order valence-electron chi connectivity index (χ2n) is 16.6. The number of benzene rings is 2. The Kier molecular flexibility index (Phi) is 11.5. The number of nitrogens with one attached hydrogen (secondary N) is 2. The molecule has 0 unspecified atom stereocenters. The molecule has 0 bridgehead atoms. The molecule has 0 aliphatic carbocycles. The molecule has 16 nitrogen and oxygen atoms in total. The first-order valence-electron chi connectivity index (χ1n) is 20.7. The van der Waals surface area contributed by atoms with E-state index in [0.717, 1.165) is 81.8 Å². The Labute approximate surface area is 342 Å². The van der Waals surface area contributed by atoms with Gasteiger partial charge in [-0.2, -0.15) is 0 Å². The number of nitrogens with zero attached hydrogens (tertiary/aromatic N) is 9. The largest absolute Gasteiger partial charge is 0.450 e. The quantitative estimate of drug-likeness (QED) is 0.275. The number of anilines is 5. The Morgan fingerprint density at radius 3 is 2.41 bits per heavy atom. The van der Waals surface area contributed by atoms with E-state index in [-0.39, 0.29) is 52.4 Å². The molecule has 0 saturated carbocycles. The summed E-state index contributed by atoms with van der Waals surface area (Å²) in [6.45, 7) is 9.11. The first-order valence-corrected chi connectivity index (χ1v) is 20.7. The Hall–Kier alpha value is -5.65. The number of carbonyl (C=O) groups is 4. The minimum atomic E-state index is -0.985. The predicted octanol–water partition coefficient (Wildman–Crippen LogP) is 3.67. The average molecular weight is 816 g/mol. The van der Waals surface area contributed by atoms with Gasteiger partial charge in [-0.1, -0.05) is 11.2 Å². The zero-order valence-electron chi connectivity index (χ0n) is 33.7. The summed E-state index contributed by atoms with van der Waals surface area (Å²) in [5.41, 5.74) is 9.08. The number of hydrogen-bond donors (Lipinski definition) is 3. The second kappa shape index (κ2) is 16.9. The van der Waals surface area contributed by atoms with Crippen molar-refractivity contribution in [3.8, 4) is 0 Å². The van der Waals surface area contributed by atoms with Crippen molar-refractivity contribution in [2.45, 2.75) is 63.8 Å². The van der Waals surface area contributed by atoms with Crippen molar-refractivity contribution in [1.29, 1.82) is 0 Å². The van der Waals surface area contributed by atoms with Gasteiger partial charge in [0, 0.05) is 69.8 Å². The molecular weight excluding hydrogens is 763 g/mol. The first-order chi connectivity index (χ1) is 28.4. The van der Waals surface area contributed by atoms with Gasteiger partial charge < -0.3 is 30.7 Å². The number of aromatic nitrogens is 3. The van der Waals surface area contributed by atoms with Gasteiger partial charge in [0.2, 0.25) is 17.4 Å². The van der Waals surface area contributed by atoms with Crippen molar-refractivity contribution >= 4 is 52.7 Å². The number of hydrogen-bond acceptors (Lipinski definition) is 10. The number of primary amides is 1. The molecule has 6 amide bonds. The maximum Gasteiger partial charge on any atom is 0.450 e. The van der Waals surface area contributed by atoms with E-state index in [1.54, 1.807) is 38.8 Å². The zero-order valence-corrected chi connectivity index (χ0v) is 33.7. The van der Waals surface area contributed by atoms with Crippen LogP contribution in [0.5, 0.6) is 0 Å². The van der Waals surface area contributed by atoms with Crippen LogP contribution in [0.1, 0.15) is 72.5 Å². The summed E-state index contributed by atoms with van der Waals surface area (Å²) in [7, 11) is 1.76. The highest BCUT2D eigenvalue weighted by Gasteiger charge is 2.39. The molecule has 5 fully saturated rings. The van der Waals surface area contributed by atoms with E-state index in [4.69, 9.17) is 5.73 Å². The number of nitrogens with two attached hydrogens (primary N) is 1. The third-order valence-electron chi connectivity index (χ3n) is 12.7. The van der Waals surface area contributed by atoms with E-state index < -0.39 is 11.6 Å². The molecule has 59 heavy (non-hydrogen) atoms. The topological polar surface area (TPSA) is 167 Å². The number of carbonyl (C=O) groups excluding carboxylic acids is 4. The zero-order chi connectivity index (χ0) is 41.4. The van der Waals surface area contributed by atoms with E-state index in [1.165, 1.54) is 6.07 Å². The van der Waals surface area contributed by atoms with Crippen molar-refractivity contribution in [2.75, 3.05) is 92.5 Å². The van der Waals surface area contributed by atoms with Crippen LogP contribution in [-0.4, -0.2) is 127 Å². The fraction of sp³-hybridized carbons (Fsp3) is 0.537. The molecule has 5 aliphatic heterocycles. The van der Waals surface area contributed by atoms with Gasteiger partial charge in [0.25, 0.3) is 5.91 Å². The monoisotopic (exact) mass is 815 g/mol. The highest BCUT2D eigenvalue weighted by molar-refractivity contribution is 6.06. The lowest BCUT2D eigenvalue weighted by molar-refractivity contribution is -0.882. The molecule has 2 aromatic carbocycles. The smallest absolute Gasteiger partial charge is 0.372 e. The standard InChI is InChI=1S/C41H52F2N12O4/c1-26-22-30(6-8-34(26)54-19-13-35(56)46-40(54)58)51-17-9-27(10-18-51)24-50-15-11-28(12-16-50)32-7-5-29(23-33(32)42)45-38-36(37(44)57)48-55(43)39(47-38)52-14-3-4-31(25-52)53-21-20-49(2)41(53)59/h5-8,22-23,27-28,31H,3-4,9-21,24-25H2,1-2H3,(H3,44,46,56,57,58)/p+1/t31-/m1/s1. The summed E-state index contributed by atoms with van der Waals surface area (Å²) in [6.07, 6.45) is 5.60. The predicted molar refractivity (Wildman–Crippen MR) is 217 cm³/mol. The Morgan fingerprint density at radius 1 is 0.949 bits per heavy atom. The molecule has 4 N–H and O–H groups in total. The number of halogens is 2. The molecule has 6 heterocycles. The molecule has 5 aliphatic rings. The highest BCUT2D eigenvalue weighted by atomic mass is 19.2. The van der Waals surface area contributed by atoms with Crippen molar-refractivity contribution < 1.29 is 33.0 Å². The molecule has 18 heteroatoms. The van der Waals surface area contributed by atoms with Crippen LogP contribution in [0.3, 0.4) is 0 Å². The van der Waals surface area contributed by atoms with Crippen LogP contribution in [-0.2, 0) is 4.79 Å². The van der Waals surface area contributed by atoms with E-state index in [9.17, 15) is 19.2 Å². The molecule has 0 radical (unpaired) electrons. The number of amides is 6. The lowest BCUT2D eigenvalue weighted by atomic mass is 9.88. The Balaban J connectivity index is 0.841. The van der Waals surface area contributed by atoms with Crippen LogP contribution in [0.25, 0.3) is 0 Å².